The first-order valence-corrected chi connectivity index (χ1v) is 12.7. The Kier molecular flexibility index (Phi) is 7.50. The van der Waals surface area contributed by atoms with Gasteiger partial charge in [-0.25, -0.2) is 19.9 Å². The minimum atomic E-state index is 0.0625. The second-order valence-corrected chi connectivity index (χ2v) is 9.44. The molecule has 1 saturated heterocycles. The van der Waals surface area contributed by atoms with E-state index in [2.05, 4.69) is 54.3 Å². The molecule has 1 amide bonds. The summed E-state index contributed by atoms with van der Waals surface area (Å²) in [5.41, 5.74) is 3.07. The molecule has 0 aliphatic carbocycles. The minimum absolute atomic E-state index is 0.0625. The lowest BCUT2D eigenvalue weighted by molar-refractivity contribution is 0.0595. The van der Waals surface area contributed by atoms with Gasteiger partial charge in [0.1, 0.15) is 17.3 Å². The van der Waals surface area contributed by atoms with E-state index in [0.29, 0.717) is 40.7 Å². The van der Waals surface area contributed by atoms with Gasteiger partial charge in [-0.1, -0.05) is 6.07 Å². The van der Waals surface area contributed by atoms with Crippen LogP contribution in [0.2, 0.25) is 0 Å². The highest BCUT2D eigenvalue weighted by atomic mass is 16.2. The first-order valence-electron chi connectivity index (χ1n) is 12.7. The number of nitrogens with zero attached hydrogens (tertiary/aromatic N) is 7. The van der Waals surface area contributed by atoms with Gasteiger partial charge < -0.3 is 15.5 Å². The van der Waals surface area contributed by atoms with Gasteiger partial charge in [0.15, 0.2) is 5.82 Å². The van der Waals surface area contributed by atoms with Crippen LogP contribution in [0.4, 0.5) is 23.3 Å². The smallest absolute Gasteiger partial charge is 0.253 e. The number of benzene rings is 1. The van der Waals surface area contributed by atoms with Crippen LogP contribution in [0.25, 0.3) is 11.5 Å². The molecule has 5 rings (SSSR count). The first kappa shape index (κ1) is 25.2. The van der Waals surface area contributed by atoms with Gasteiger partial charge in [-0.05, 0) is 69.3 Å². The zero-order valence-electron chi connectivity index (χ0n) is 21.8. The summed E-state index contributed by atoms with van der Waals surface area (Å²) >= 11 is 0. The second-order valence-electron chi connectivity index (χ2n) is 9.44. The topological polar surface area (TPSA) is 112 Å². The number of aromatic nitrogens is 5. The van der Waals surface area contributed by atoms with Crippen LogP contribution in [0.15, 0.2) is 67.0 Å². The number of carbonyl (C=O) groups is 1. The summed E-state index contributed by atoms with van der Waals surface area (Å²) in [7, 11) is 0. The molecule has 0 saturated carbocycles. The van der Waals surface area contributed by atoms with E-state index in [4.69, 9.17) is 0 Å². The average molecular weight is 510 g/mol. The van der Waals surface area contributed by atoms with E-state index in [1.165, 1.54) is 0 Å². The van der Waals surface area contributed by atoms with Crippen molar-refractivity contribution in [1.29, 1.82) is 0 Å². The Bertz CT molecular complexity index is 1400. The molecule has 10 heteroatoms. The number of carbonyl (C=O) groups excluding carboxylic acids is 1. The fourth-order valence-electron chi connectivity index (χ4n) is 4.29. The predicted molar refractivity (Wildman–Crippen MR) is 148 cm³/mol. The maximum absolute atomic E-state index is 12.9. The molecule has 10 nitrogen and oxygen atoms in total. The highest BCUT2D eigenvalue weighted by Crippen LogP contribution is 2.20. The Hall–Kier alpha value is -4.44. The maximum Gasteiger partial charge on any atom is 0.253 e. The Morgan fingerprint density at radius 3 is 2.24 bits per heavy atom. The van der Waals surface area contributed by atoms with E-state index in [9.17, 15) is 4.79 Å². The van der Waals surface area contributed by atoms with Crippen molar-refractivity contribution in [2.24, 2.45) is 0 Å². The molecule has 0 spiro atoms. The van der Waals surface area contributed by atoms with Gasteiger partial charge in [0.25, 0.3) is 5.91 Å². The second kappa shape index (κ2) is 11.3. The summed E-state index contributed by atoms with van der Waals surface area (Å²) in [6.07, 6.45) is 3.35. The van der Waals surface area contributed by atoms with Crippen molar-refractivity contribution >= 4 is 29.2 Å². The summed E-state index contributed by atoms with van der Waals surface area (Å²) < 4.78 is 0. The van der Waals surface area contributed by atoms with Crippen LogP contribution < -0.4 is 10.6 Å². The summed E-state index contributed by atoms with van der Waals surface area (Å²) in [5.74, 6) is 2.19. The van der Waals surface area contributed by atoms with Crippen LogP contribution >= 0.6 is 0 Å². The molecule has 1 aliphatic heterocycles. The van der Waals surface area contributed by atoms with E-state index >= 15 is 0 Å². The molecule has 1 aliphatic rings. The van der Waals surface area contributed by atoms with Crippen molar-refractivity contribution in [2.75, 3.05) is 36.8 Å². The number of nitrogens with one attached hydrogen (secondary N) is 2. The summed E-state index contributed by atoms with van der Waals surface area (Å²) in [6.45, 7) is 9.62. The van der Waals surface area contributed by atoms with Crippen molar-refractivity contribution in [3.05, 3.63) is 78.2 Å². The molecule has 194 valence electrons. The predicted octanol–water partition coefficient (Wildman–Crippen LogP) is 4.29. The lowest BCUT2D eigenvalue weighted by atomic mass is 10.1. The minimum Gasteiger partial charge on any atom is -0.336 e. The fraction of sp³-hybridized carbons (Fsp3) is 0.286. The van der Waals surface area contributed by atoms with Crippen LogP contribution in [0.5, 0.6) is 0 Å². The lowest BCUT2D eigenvalue weighted by Gasteiger charge is -2.37. The highest BCUT2D eigenvalue weighted by molar-refractivity contribution is 5.94. The molecule has 4 heterocycles. The summed E-state index contributed by atoms with van der Waals surface area (Å²) in [5, 5.41) is 6.40. The molecule has 4 aromatic rings. The van der Waals surface area contributed by atoms with Gasteiger partial charge in [-0.15, -0.1) is 0 Å². The van der Waals surface area contributed by atoms with Crippen LogP contribution in [-0.4, -0.2) is 72.8 Å². The standard InChI is InChI=1S/C28H31N9O/c1-19(2)36-15-17-37(18-16-36)27(38)21-7-9-22(10-8-21)32-28-30-14-12-25(35-28)33-24-11-13-29-26(34-24)23-6-4-5-20(3)31-23/h4-14,19H,15-18H2,1-3H3,(H2,29,30,32,33,34,35). The quantitative estimate of drug-likeness (QED) is 0.377. The number of piperazine rings is 1. The third-order valence-electron chi connectivity index (χ3n) is 6.40. The number of hydrogen-bond donors (Lipinski definition) is 2. The van der Waals surface area contributed by atoms with Gasteiger partial charge in [-0.3, -0.25) is 9.69 Å². The van der Waals surface area contributed by atoms with E-state index in [1.54, 1.807) is 24.5 Å². The number of anilines is 4. The maximum atomic E-state index is 12.9. The summed E-state index contributed by atoms with van der Waals surface area (Å²) in [6, 6.07) is 17.2. The molecule has 1 aromatic carbocycles. The number of aryl methyl sites for hydroxylation is 1. The SMILES string of the molecule is Cc1cccc(-c2nccc(Nc3ccnc(Nc4ccc(C(=O)N5CCN(C(C)C)CC5)cc4)n3)n2)n1. The van der Waals surface area contributed by atoms with E-state index in [0.717, 1.165) is 37.6 Å². The van der Waals surface area contributed by atoms with Crippen molar-refractivity contribution in [3.63, 3.8) is 0 Å². The van der Waals surface area contributed by atoms with Crippen LogP contribution in [0.1, 0.15) is 29.9 Å². The fourth-order valence-corrected chi connectivity index (χ4v) is 4.29. The molecule has 3 aromatic heterocycles. The molecule has 2 N–H and O–H groups in total. The number of rotatable bonds is 7. The number of amides is 1. The van der Waals surface area contributed by atoms with Crippen LogP contribution in [0.3, 0.4) is 0 Å². The number of hydrogen-bond acceptors (Lipinski definition) is 9. The monoisotopic (exact) mass is 509 g/mol. The van der Waals surface area contributed by atoms with Crippen molar-refractivity contribution in [1.82, 2.24) is 34.7 Å². The molecule has 0 unspecified atom stereocenters. The average Bonchev–Trinajstić information content (AvgIpc) is 2.93. The molecule has 0 atom stereocenters. The number of pyridine rings is 1. The first-order chi connectivity index (χ1) is 18.4. The van der Waals surface area contributed by atoms with Crippen molar-refractivity contribution in [3.8, 4) is 11.5 Å². The van der Waals surface area contributed by atoms with Crippen molar-refractivity contribution < 1.29 is 4.79 Å². The molecule has 0 radical (unpaired) electrons. The van der Waals surface area contributed by atoms with Gasteiger partial charge >= 0.3 is 0 Å². The van der Waals surface area contributed by atoms with Gasteiger partial charge in [0.05, 0.1) is 0 Å². The molecule has 38 heavy (non-hydrogen) atoms. The zero-order chi connectivity index (χ0) is 26.5. The molecular weight excluding hydrogens is 478 g/mol. The Morgan fingerprint density at radius 2 is 1.53 bits per heavy atom. The Labute approximate surface area is 222 Å². The Balaban J connectivity index is 1.22. The molecule has 0 bridgehead atoms. The van der Waals surface area contributed by atoms with Crippen LogP contribution in [-0.2, 0) is 0 Å². The third-order valence-corrected chi connectivity index (χ3v) is 6.40. The third kappa shape index (κ3) is 6.09. The van der Waals surface area contributed by atoms with E-state index < -0.39 is 0 Å². The van der Waals surface area contributed by atoms with E-state index in [1.807, 2.05) is 54.3 Å². The normalized spacial score (nSPS) is 13.9. The van der Waals surface area contributed by atoms with Crippen LogP contribution in [0, 0.1) is 6.92 Å². The van der Waals surface area contributed by atoms with Gasteiger partial charge in [0, 0.05) is 61.6 Å². The largest absolute Gasteiger partial charge is 0.336 e. The summed E-state index contributed by atoms with van der Waals surface area (Å²) in [4.78, 5) is 39.5. The Morgan fingerprint density at radius 1 is 0.816 bits per heavy atom. The highest BCUT2D eigenvalue weighted by Gasteiger charge is 2.23. The molecule has 1 fully saturated rings. The van der Waals surface area contributed by atoms with Crippen molar-refractivity contribution in [2.45, 2.75) is 26.8 Å². The van der Waals surface area contributed by atoms with Gasteiger partial charge in [-0.2, -0.15) is 4.98 Å². The molecular formula is C28H31N9O. The van der Waals surface area contributed by atoms with E-state index in [-0.39, 0.29) is 5.91 Å². The van der Waals surface area contributed by atoms with Gasteiger partial charge in [0.2, 0.25) is 5.95 Å². The lowest BCUT2D eigenvalue weighted by Crippen LogP contribution is -2.50. The zero-order valence-corrected chi connectivity index (χ0v) is 21.8.